The van der Waals surface area contributed by atoms with Gasteiger partial charge in [-0.2, -0.15) is 0 Å². The van der Waals surface area contributed by atoms with E-state index in [1.54, 1.807) is 6.92 Å². The Morgan fingerprint density at radius 1 is 1.23 bits per heavy atom. The summed E-state index contributed by atoms with van der Waals surface area (Å²) in [5, 5.41) is 5.53. The number of benzene rings is 1. The number of aromatic nitrogens is 2. The third-order valence-electron chi connectivity index (χ3n) is 3.34. The van der Waals surface area contributed by atoms with Crippen molar-refractivity contribution in [1.82, 2.24) is 14.9 Å². The quantitative estimate of drug-likeness (QED) is 0.906. The van der Waals surface area contributed by atoms with Crippen LogP contribution in [0.1, 0.15) is 16.7 Å². The minimum atomic E-state index is -0.291. The van der Waals surface area contributed by atoms with Gasteiger partial charge < -0.3 is 10.6 Å². The third-order valence-corrected chi connectivity index (χ3v) is 3.34. The van der Waals surface area contributed by atoms with Gasteiger partial charge in [0.25, 0.3) is 5.56 Å². The number of aryl methyl sites for hydroxylation is 3. The van der Waals surface area contributed by atoms with Gasteiger partial charge in [0, 0.05) is 30.5 Å². The first-order valence-corrected chi connectivity index (χ1v) is 7.10. The van der Waals surface area contributed by atoms with Gasteiger partial charge in [0.15, 0.2) is 0 Å². The van der Waals surface area contributed by atoms with E-state index in [-0.39, 0.29) is 11.6 Å². The number of carbonyl (C=O) groups is 1. The van der Waals surface area contributed by atoms with Crippen LogP contribution in [0.15, 0.2) is 35.5 Å². The van der Waals surface area contributed by atoms with E-state index >= 15 is 0 Å². The normalized spacial score (nSPS) is 10.3. The number of urea groups is 1. The molecule has 2 aromatic rings. The van der Waals surface area contributed by atoms with Gasteiger partial charge in [-0.05, 0) is 32.4 Å². The van der Waals surface area contributed by atoms with Crippen LogP contribution in [0.5, 0.6) is 0 Å². The fourth-order valence-corrected chi connectivity index (χ4v) is 2.13. The van der Waals surface area contributed by atoms with Crippen molar-refractivity contribution in [2.75, 3.05) is 11.9 Å². The second kappa shape index (κ2) is 6.89. The molecule has 0 aliphatic rings. The zero-order chi connectivity index (χ0) is 16.1. The first-order chi connectivity index (χ1) is 10.5. The first kappa shape index (κ1) is 15.8. The SMILES string of the molecule is Cc1ccc(NC(=O)NCCn2cncc(C)c2=O)c(C)c1. The highest BCUT2D eigenvalue weighted by Crippen LogP contribution is 2.15. The Bertz CT molecular complexity index is 737. The molecular formula is C16H20N4O2. The molecule has 0 aliphatic carbocycles. The second-order valence-electron chi connectivity index (χ2n) is 5.27. The van der Waals surface area contributed by atoms with Crippen molar-refractivity contribution >= 4 is 11.7 Å². The molecule has 1 aromatic carbocycles. The van der Waals surface area contributed by atoms with E-state index in [2.05, 4.69) is 15.6 Å². The molecule has 2 rings (SSSR count). The molecule has 6 heteroatoms. The highest BCUT2D eigenvalue weighted by Gasteiger charge is 2.05. The van der Waals surface area contributed by atoms with Crippen molar-refractivity contribution in [1.29, 1.82) is 0 Å². The standard InChI is InChI=1S/C16H20N4O2/c1-11-4-5-14(12(2)8-11)19-16(22)18-6-7-20-10-17-9-13(3)15(20)21/h4-5,8-10H,6-7H2,1-3H3,(H2,18,19,22). The van der Waals surface area contributed by atoms with Gasteiger partial charge in [0.05, 0.1) is 6.33 Å². The van der Waals surface area contributed by atoms with E-state index < -0.39 is 0 Å². The molecule has 0 unspecified atom stereocenters. The highest BCUT2D eigenvalue weighted by atomic mass is 16.2. The fourth-order valence-electron chi connectivity index (χ4n) is 2.13. The van der Waals surface area contributed by atoms with Crippen molar-refractivity contribution in [2.24, 2.45) is 0 Å². The van der Waals surface area contributed by atoms with Gasteiger partial charge in [-0.3, -0.25) is 9.36 Å². The molecule has 0 radical (unpaired) electrons. The summed E-state index contributed by atoms with van der Waals surface area (Å²) in [6, 6.07) is 5.54. The van der Waals surface area contributed by atoms with E-state index in [1.807, 2.05) is 32.0 Å². The molecular weight excluding hydrogens is 280 g/mol. The molecule has 0 fully saturated rings. The summed E-state index contributed by atoms with van der Waals surface area (Å²) in [4.78, 5) is 27.6. The van der Waals surface area contributed by atoms with Crippen LogP contribution >= 0.6 is 0 Å². The van der Waals surface area contributed by atoms with Crippen molar-refractivity contribution in [3.05, 3.63) is 57.8 Å². The average molecular weight is 300 g/mol. The Hall–Kier alpha value is -2.63. The van der Waals surface area contributed by atoms with E-state index in [4.69, 9.17) is 0 Å². The van der Waals surface area contributed by atoms with Crippen LogP contribution in [-0.2, 0) is 6.54 Å². The van der Waals surface area contributed by atoms with Crippen LogP contribution in [0.2, 0.25) is 0 Å². The summed E-state index contributed by atoms with van der Waals surface area (Å²) >= 11 is 0. The number of rotatable bonds is 4. The maximum atomic E-state index is 11.9. The monoisotopic (exact) mass is 300 g/mol. The first-order valence-electron chi connectivity index (χ1n) is 7.10. The summed E-state index contributed by atoms with van der Waals surface area (Å²) in [6.45, 7) is 6.40. The highest BCUT2D eigenvalue weighted by molar-refractivity contribution is 5.90. The number of hydrogen-bond donors (Lipinski definition) is 2. The Balaban J connectivity index is 1.88. The molecule has 0 atom stereocenters. The molecule has 0 aliphatic heterocycles. The van der Waals surface area contributed by atoms with Crippen molar-refractivity contribution in [3.63, 3.8) is 0 Å². The maximum Gasteiger partial charge on any atom is 0.319 e. The van der Waals surface area contributed by atoms with Crippen molar-refractivity contribution < 1.29 is 4.79 Å². The number of amides is 2. The summed E-state index contributed by atoms with van der Waals surface area (Å²) in [6.07, 6.45) is 3.00. The molecule has 0 bridgehead atoms. The largest absolute Gasteiger partial charge is 0.336 e. The molecule has 6 nitrogen and oxygen atoms in total. The lowest BCUT2D eigenvalue weighted by Gasteiger charge is -2.11. The van der Waals surface area contributed by atoms with E-state index in [9.17, 15) is 9.59 Å². The summed E-state index contributed by atoms with van der Waals surface area (Å²) in [5.74, 6) is 0. The maximum absolute atomic E-state index is 11.9. The molecule has 0 spiro atoms. The van der Waals surface area contributed by atoms with Crippen molar-refractivity contribution in [2.45, 2.75) is 27.3 Å². The summed E-state index contributed by atoms with van der Waals surface area (Å²) < 4.78 is 1.48. The smallest absolute Gasteiger partial charge is 0.319 e. The lowest BCUT2D eigenvalue weighted by atomic mass is 10.1. The van der Waals surface area contributed by atoms with E-state index in [0.29, 0.717) is 18.7 Å². The zero-order valence-electron chi connectivity index (χ0n) is 13.0. The Morgan fingerprint density at radius 2 is 2.00 bits per heavy atom. The van der Waals surface area contributed by atoms with Gasteiger partial charge in [-0.1, -0.05) is 17.7 Å². The molecule has 1 heterocycles. The van der Waals surface area contributed by atoms with Gasteiger partial charge in [-0.15, -0.1) is 0 Å². The van der Waals surface area contributed by atoms with Crippen LogP contribution in [0.3, 0.4) is 0 Å². The van der Waals surface area contributed by atoms with Crippen LogP contribution in [0, 0.1) is 20.8 Å². The van der Waals surface area contributed by atoms with Crippen molar-refractivity contribution in [3.8, 4) is 0 Å². The van der Waals surface area contributed by atoms with Gasteiger partial charge in [-0.25, -0.2) is 9.78 Å². The van der Waals surface area contributed by atoms with E-state index in [1.165, 1.54) is 17.1 Å². The fraction of sp³-hybridized carbons (Fsp3) is 0.312. The second-order valence-corrected chi connectivity index (χ2v) is 5.27. The third kappa shape index (κ3) is 3.94. The number of carbonyl (C=O) groups excluding carboxylic acids is 1. The summed E-state index contributed by atoms with van der Waals surface area (Å²) in [7, 11) is 0. The molecule has 1 aromatic heterocycles. The zero-order valence-corrected chi connectivity index (χ0v) is 13.0. The average Bonchev–Trinajstić information content (AvgIpc) is 2.46. The molecule has 0 saturated carbocycles. The Labute approximate surface area is 129 Å². The van der Waals surface area contributed by atoms with Crippen LogP contribution < -0.4 is 16.2 Å². The Morgan fingerprint density at radius 3 is 2.73 bits per heavy atom. The predicted molar refractivity (Wildman–Crippen MR) is 86.2 cm³/mol. The minimum absolute atomic E-state index is 0.0911. The lowest BCUT2D eigenvalue weighted by Crippen LogP contribution is -2.34. The molecule has 116 valence electrons. The Kier molecular flexibility index (Phi) is 4.93. The topological polar surface area (TPSA) is 76.0 Å². The number of hydrogen-bond acceptors (Lipinski definition) is 3. The van der Waals surface area contributed by atoms with Gasteiger partial charge in [0.2, 0.25) is 0 Å². The summed E-state index contributed by atoms with van der Waals surface area (Å²) in [5.41, 5.74) is 3.43. The predicted octanol–water partition coefficient (Wildman–Crippen LogP) is 1.99. The van der Waals surface area contributed by atoms with Gasteiger partial charge >= 0.3 is 6.03 Å². The van der Waals surface area contributed by atoms with Gasteiger partial charge in [0.1, 0.15) is 0 Å². The molecule has 0 saturated heterocycles. The lowest BCUT2D eigenvalue weighted by molar-refractivity contribution is 0.251. The molecule has 22 heavy (non-hydrogen) atoms. The van der Waals surface area contributed by atoms with Crippen LogP contribution in [0.25, 0.3) is 0 Å². The van der Waals surface area contributed by atoms with Crippen LogP contribution in [0.4, 0.5) is 10.5 Å². The number of anilines is 1. The van der Waals surface area contributed by atoms with E-state index in [0.717, 1.165) is 16.8 Å². The molecule has 2 N–H and O–H groups in total. The number of nitrogens with one attached hydrogen (secondary N) is 2. The van der Waals surface area contributed by atoms with Crippen LogP contribution in [-0.4, -0.2) is 22.1 Å². The minimum Gasteiger partial charge on any atom is -0.336 e. The molecule has 2 amide bonds. The number of nitrogens with zero attached hydrogens (tertiary/aromatic N) is 2.